The van der Waals surface area contributed by atoms with Gasteiger partial charge in [0, 0.05) is 50.8 Å². The van der Waals surface area contributed by atoms with Gasteiger partial charge in [-0.1, -0.05) is 200 Å². The molecule has 0 saturated heterocycles. The van der Waals surface area contributed by atoms with E-state index >= 15 is 0 Å². The number of nitrogens with zero attached hydrogens (tertiary/aromatic N) is 1. The number of fused-ring (bicyclic) bond motifs is 18. The largest absolute Gasteiger partial charge is 0.354 e. The van der Waals surface area contributed by atoms with E-state index in [1.165, 1.54) is 132 Å². The highest BCUT2D eigenvalue weighted by Crippen LogP contribution is 2.65. The molecule has 1 N–H and O–H groups in total. The van der Waals surface area contributed by atoms with E-state index in [9.17, 15) is 0 Å². The van der Waals surface area contributed by atoms with Crippen molar-refractivity contribution in [3.05, 3.63) is 241 Å². The highest BCUT2D eigenvalue weighted by Gasteiger charge is 2.52. The van der Waals surface area contributed by atoms with Gasteiger partial charge in [-0.25, -0.2) is 0 Å². The average Bonchev–Trinajstić information content (AvgIpc) is 4.09. The maximum absolute atomic E-state index is 3.86. The highest BCUT2D eigenvalue weighted by atomic mass is 14.9. The summed E-state index contributed by atoms with van der Waals surface area (Å²) in [6, 6.07) is 82.3. The minimum absolute atomic E-state index is 0.510. The van der Waals surface area contributed by atoms with Crippen LogP contribution >= 0.6 is 0 Å². The van der Waals surface area contributed by atoms with Crippen LogP contribution in [-0.2, 0) is 12.5 Å². The van der Waals surface area contributed by atoms with E-state index in [1.807, 2.05) is 0 Å². The van der Waals surface area contributed by atoms with Gasteiger partial charge in [-0.05, 0) is 107 Å². The Morgan fingerprint density at radius 3 is 1.48 bits per heavy atom. The molecule has 66 heavy (non-hydrogen) atoms. The van der Waals surface area contributed by atoms with Crippen LogP contribution in [0, 0.1) is 0 Å². The molecule has 306 valence electrons. The minimum Gasteiger partial charge on any atom is -0.354 e. The number of aryl methyl sites for hydroxylation is 1. The fourth-order valence-corrected chi connectivity index (χ4v) is 12.8. The molecule has 2 nitrogen and oxygen atoms in total. The summed E-state index contributed by atoms with van der Waals surface area (Å²) in [5.74, 6) is 0. The number of rotatable bonds is 3. The summed E-state index contributed by atoms with van der Waals surface area (Å²) in [6.45, 7) is 0. The topological polar surface area (TPSA) is 20.7 Å². The standard InChI is InChI=1S/C64H40N2/c1-66-59-36-11-6-21-44(59)51-30-16-29-50(63(51)66)39-23-13-25-46-54(39)37-53-38(48-27-15-28-49-43-20-5-10-35-58(43)65-62(48)49)22-12-24-45(53)60(46)52-31-14-26-47-42-19-4-9-34-57(42)64(61(47)52)55-32-7-2-17-40(55)41-18-3-8-33-56(41)64/h2-37,65H,1H3. The van der Waals surface area contributed by atoms with Crippen molar-refractivity contribution in [2.24, 2.45) is 7.05 Å². The average molecular weight is 837 g/mol. The molecule has 0 bridgehead atoms. The third kappa shape index (κ3) is 4.46. The van der Waals surface area contributed by atoms with Crippen molar-refractivity contribution in [2.45, 2.75) is 5.41 Å². The zero-order chi connectivity index (χ0) is 43.3. The van der Waals surface area contributed by atoms with Crippen LogP contribution in [0.15, 0.2) is 218 Å². The van der Waals surface area contributed by atoms with Gasteiger partial charge in [0.05, 0.1) is 16.4 Å². The lowest BCUT2D eigenvalue weighted by Gasteiger charge is -2.32. The Morgan fingerprint density at radius 1 is 0.333 bits per heavy atom. The minimum atomic E-state index is -0.510. The normalized spacial score (nSPS) is 13.3. The lowest BCUT2D eigenvalue weighted by molar-refractivity contribution is 0.796. The summed E-state index contributed by atoms with van der Waals surface area (Å²) in [7, 11) is 2.22. The Kier molecular flexibility index (Phi) is 7.11. The number of nitrogens with one attached hydrogen (secondary N) is 1. The molecule has 11 aromatic carbocycles. The number of H-pyrrole nitrogens is 1. The molecule has 0 aliphatic heterocycles. The van der Waals surface area contributed by atoms with Gasteiger partial charge < -0.3 is 9.55 Å². The third-order valence-corrected chi connectivity index (χ3v) is 15.4. The Morgan fingerprint density at radius 2 is 0.788 bits per heavy atom. The monoisotopic (exact) mass is 836 g/mol. The molecule has 2 aliphatic rings. The predicted octanol–water partition coefficient (Wildman–Crippen LogP) is 16.6. The van der Waals surface area contributed by atoms with Crippen molar-refractivity contribution in [1.82, 2.24) is 9.55 Å². The Hall–Kier alpha value is -8.46. The van der Waals surface area contributed by atoms with Crippen molar-refractivity contribution in [2.75, 3.05) is 0 Å². The van der Waals surface area contributed by atoms with E-state index in [2.05, 4.69) is 235 Å². The Bertz CT molecular complexity index is 4190. The van der Waals surface area contributed by atoms with Crippen molar-refractivity contribution in [3.63, 3.8) is 0 Å². The molecule has 1 spiro atoms. The molecule has 0 fully saturated rings. The molecule has 2 heteroatoms. The predicted molar refractivity (Wildman–Crippen MR) is 277 cm³/mol. The van der Waals surface area contributed by atoms with Crippen LogP contribution in [0.25, 0.3) is 121 Å². The van der Waals surface area contributed by atoms with E-state index in [1.54, 1.807) is 0 Å². The van der Waals surface area contributed by atoms with Crippen LogP contribution in [-0.4, -0.2) is 9.55 Å². The van der Waals surface area contributed by atoms with Gasteiger partial charge in [-0.2, -0.15) is 0 Å². The smallest absolute Gasteiger partial charge is 0.0731 e. The number of hydrogen-bond donors (Lipinski definition) is 1. The van der Waals surface area contributed by atoms with Gasteiger partial charge in [0.1, 0.15) is 0 Å². The molecule has 0 atom stereocenters. The first kappa shape index (κ1) is 35.9. The number of hydrogen-bond acceptors (Lipinski definition) is 0. The van der Waals surface area contributed by atoms with Crippen LogP contribution in [0.2, 0.25) is 0 Å². The van der Waals surface area contributed by atoms with Gasteiger partial charge in [0.15, 0.2) is 0 Å². The molecule has 0 radical (unpaired) electrons. The van der Waals surface area contributed by atoms with Gasteiger partial charge in [-0.15, -0.1) is 0 Å². The van der Waals surface area contributed by atoms with E-state index in [0.717, 1.165) is 11.0 Å². The maximum Gasteiger partial charge on any atom is 0.0731 e. The van der Waals surface area contributed by atoms with E-state index in [-0.39, 0.29) is 0 Å². The quantitative estimate of drug-likeness (QED) is 0.171. The van der Waals surface area contributed by atoms with Crippen LogP contribution in [0.5, 0.6) is 0 Å². The zero-order valence-corrected chi connectivity index (χ0v) is 36.2. The highest BCUT2D eigenvalue weighted by molar-refractivity contribution is 6.23. The van der Waals surface area contributed by atoms with Gasteiger partial charge in [0.2, 0.25) is 0 Å². The number of para-hydroxylation sites is 4. The van der Waals surface area contributed by atoms with Gasteiger partial charge in [0.25, 0.3) is 0 Å². The van der Waals surface area contributed by atoms with Crippen molar-refractivity contribution in [1.29, 1.82) is 0 Å². The first-order valence-electron chi connectivity index (χ1n) is 23.1. The second-order valence-electron chi connectivity index (χ2n) is 18.3. The number of benzene rings is 11. The van der Waals surface area contributed by atoms with Gasteiger partial charge in [-0.3, -0.25) is 0 Å². The Balaban J connectivity index is 1.12. The number of aromatic amines is 1. The lowest BCUT2D eigenvalue weighted by Crippen LogP contribution is -2.26. The summed E-state index contributed by atoms with van der Waals surface area (Å²) in [5.41, 5.74) is 22.4. The fourth-order valence-electron chi connectivity index (χ4n) is 12.8. The molecular weight excluding hydrogens is 797 g/mol. The summed E-state index contributed by atoms with van der Waals surface area (Å²) in [5, 5.41) is 9.99. The Labute approximate surface area is 381 Å². The molecule has 2 heterocycles. The molecule has 0 unspecified atom stereocenters. The summed E-state index contributed by atoms with van der Waals surface area (Å²) < 4.78 is 2.39. The van der Waals surface area contributed by atoms with Crippen LogP contribution in [0.4, 0.5) is 0 Å². The van der Waals surface area contributed by atoms with Crippen LogP contribution in [0.1, 0.15) is 22.3 Å². The van der Waals surface area contributed by atoms with Crippen molar-refractivity contribution >= 4 is 65.2 Å². The van der Waals surface area contributed by atoms with E-state index in [0.29, 0.717) is 0 Å². The molecule has 15 rings (SSSR count). The van der Waals surface area contributed by atoms with Crippen LogP contribution in [0.3, 0.4) is 0 Å². The first-order valence-corrected chi connectivity index (χ1v) is 23.1. The SMILES string of the molecule is Cn1c2ccccc2c2cccc(-c3cccc4c(-c5cccc6c5C5(c7ccccc7-c7ccccc75)c5ccccc5-6)c5cccc(-c6cccc7c6[nH]c6ccccc67)c5cc34)c21. The van der Waals surface area contributed by atoms with E-state index < -0.39 is 5.41 Å². The third-order valence-electron chi connectivity index (χ3n) is 15.4. The van der Waals surface area contributed by atoms with Gasteiger partial charge >= 0.3 is 0 Å². The molecule has 0 amide bonds. The second-order valence-corrected chi connectivity index (χ2v) is 18.3. The molecule has 0 saturated carbocycles. The zero-order valence-electron chi connectivity index (χ0n) is 36.2. The fraction of sp³-hybridized carbons (Fsp3) is 0.0312. The summed E-state index contributed by atoms with van der Waals surface area (Å²) in [6.07, 6.45) is 0. The van der Waals surface area contributed by atoms with Crippen molar-refractivity contribution < 1.29 is 0 Å². The number of aromatic nitrogens is 2. The lowest BCUT2D eigenvalue weighted by atomic mass is 9.68. The summed E-state index contributed by atoms with van der Waals surface area (Å²) in [4.78, 5) is 3.86. The van der Waals surface area contributed by atoms with Crippen molar-refractivity contribution in [3.8, 4) is 55.6 Å². The van der Waals surface area contributed by atoms with Crippen LogP contribution < -0.4 is 0 Å². The second kappa shape index (κ2) is 13.1. The molecule has 13 aromatic rings. The summed E-state index contributed by atoms with van der Waals surface area (Å²) >= 11 is 0. The molecular formula is C64H40N2. The van der Waals surface area contributed by atoms with E-state index in [4.69, 9.17) is 0 Å². The molecule has 2 aromatic heterocycles. The maximum atomic E-state index is 3.86. The first-order chi connectivity index (χ1) is 32.7. The molecule has 2 aliphatic carbocycles.